The van der Waals surface area contributed by atoms with Crippen molar-refractivity contribution in [3.05, 3.63) is 29.8 Å². The molecule has 6 heteroatoms. The number of benzene rings is 1. The molecule has 0 saturated carbocycles. The summed E-state index contributed by atoms with van der Waals surface area (Å²) in [6.07, 6.45) is 3.25. The van der Waals surface area contributed by atoms with Crippen molar-refractivity contribution in [2.24, 2.45) is 0 Å². The summed E-state index contributed by atoms with van der Waals surface area (Å²) in [5.74, 6) is -2.64. The molecule has 2 amide bonds. The lowest BCUT2D eigenvalue weighted by Crippen LogP contribution is -2.44. The van der Waals surface area contributed by atoms with E-state index in [9.17, 15) is 13.6 Å². The molecule has 0 aromatic heterocycles. The fourth-order valence-corrected chi connectivity index (χ4v) is 3.61. The third-order valence-electron chi connectivity index (χ3n) is 5.29. The Morgan fingerprint density at radius 2 is 2.00 bits per heavy atom. The van der Waals surface area contributed by atoms with Gasteiger partial charge in [0.05, 0.1) is 0 Å². The first-order valence-corrected chi connectivity index (χ1v) is 9.20. The number of nitrogens with zero attached hydrogens (tertiary/aromatic N) is 2. The Kier molecular flexibility index (Phi) is 5.57. The van der Waals surface area contributed by atoms with Crippen LogP contribution in [0.2, 0.25) is 0 Å². The van der Waals surface area contributed by atoms with Gasteiger partial charge in [0.2, 0.25) is 0 Å². The van der Waals surface area contributed by atoms with Crippen LogP contribution in [-0.2, 0) is 6.54 Å². The molecular weight excluding hydrogens is 324 g/mol. The van der Waals surface area contributed by atoms with E-state index >= 15 is 0 Å². The number of piperidine rings is 2. The Labute approximate surface area is 148 Å². The fourth-order valence-electron chi connectivity index (χ4n) is 3.61. The number of urea groups is 1. The highest BCUT2D eigenvalue weighted by molar-refractivity contribution is 5.89. The van der Waals surface area contributed by atoms with Gasteiger partial charge >= 0.3 is 6.03 Å². The van der Waals surface area contributed by atoms with Crippen LogP contribution in [0.1, 0.15) is 44.6 Å². The quantitative estimate of drug-likeness (QED) is 0.880. The van der Waals surface area contributed by atoms with Crippen LogP contribution in [0, 0.1) is 0 Å². The van der Waals surface area contributed by atoms with E-state index < -0.39 is 5.92 Å². The van der Waals surface area contributed by atoms with Gasteiger partial charge in [-0.25, -0.2) is 13.6 Å². The van der Waals surface area contributed by atoms with Crippen LogP contribution in [-0.4, -0.2) is 47.4 Å². The molecule has 1 aromatic rings. The summed E-state index contributed by atoms with van der Waals surface area (Å²) in [4.78, 5) is 16.2. The topological polar surface area (TPSA) is 35.6 Å². The second kappa shape index (κ2) is 7.68. The molecule has 1 aromatic carbocycles. The van der Waals surface area contributed by atoms with Gasteiger partial charge in [-0.05, 0) is 44.0 Å². The molecule has 138 valence electrons. The van der Waals surface area contributed by atoms with Crippen LogP contribution < -0.4 is 5.32 Å². The van der Waals surface area contributed by atoms with Gasteiger partial charge in [0.25, 0.3) is 5.92 Å². The van der Waals surface area contributed by atoms with E-state index in [1.165, 1.54) is 24.2 Å². The van der Waals surface area contributed by atoms with Crippen molar-refractivity contribution in [1.82, 2.24) is 9.80 Å². The zero-order valence-electron chi connectivity index (χ0n) is 14.8. The molecule has 0 bridgehead atoms. The SMILES string of the molecule is CC1CCCCN1Cc1cccc(NC(=O)N2CCC(F)(F)CC2)c1. The molecule has 2 heterocycles. The number of carbonyl (C=O) groups is 1. The number of nitrogens with one attached hydrogen (secondary N) is 1. The predicted molar refractivity (Wildman–Crippen MR) is 94.9 cm³/mol. The fraction of sp³-hybridized carbons (Fsp3) is 0.632. The van der Waals surface area contributed by atoms with E-state index in [4.69, 9.17) is 0 Å². The number of amides is 2. The number of anilines is 1. The van der Waals surface area contributed by atoms with Crippen LogP contribution in [0.15, 0.2) is 24.3 Å². The van der Waals surface area contributed by atoms with Crippen molar-refractivity contribution in [3.8, 4) is 0 Å². The van der Waals surface area contributed by atoms with E-state index in [0.717, 1.165) is 24.3 Å². The first kappa shape index (κ1) is 18.1. The summed E-state index contributed by atoms with van der Waals surface area (Å²) in [6, 6.07) is 8.13. The molecule has 2 aliphatic heterocycles. The van der Waals surface area contributed by atoms with E-state index in [1.807, 2.05) is 18.2 Å². The Morgan fingerprint density at radius 3 is 2.72 bits per heavy atom. The second-order valence-electron chi connectivity index (χ2n) is 7.29. The highest BCUT2D eigenvalue weighted by atomic mass is 19.3. The van der Waals surface area contributed by atoms with Crippen LogP contribution in [0.25, 0.3) is 0 Å². The van der Waals surface area contributed by atoms with E-state index in [2.05, 4.69) is 23.2 Å². The number of alkyl halides is 2. The van der Waals surface area contributed by atoms with E-state index in [0.29, 0.717) is 6.04 Å². The maximum Gasteiger partial charge on any atom is 0.321 e. The zero-order valence-corrected chi connectivity index (χ0v) is 14.8. The summed E-state index contributed by atoms with van der Waals surface area (Å²) in [5, 5.41) is 2.85. The van der Waals surface area contributed by atoms with Crippen LogP contribution in [0.5, 0.6) is 0 Å². The highest BCUT2D eigenvalue weighted by Gasteiger charge is 2.35. The van der Waals surface area contributed by atoms with Crippen LogP contribution >= 0.6 is 0 Å². The smallest absolute Gasteiger partial charge is 0.321 e. The Bertz CT molecular complexity index is 598. The van der Waals surface area contributed by atoms with Crippen molar-refractivity contribution in [2.75, 3.05) is 25.0 Å². The third-order valence-corrected chi connectivity index (χ3v) is 5.29. The number of carbonyl (C=O) groups excluding carboxylic acids is 1. The molecule has 2 fully saturated rings. The molecular formula is C19H27F2N3O. The molecule has 4 nitrogen and oxygen atoms in total. The minimum atomic E-state index is -2.64. The largest absolute Gasteiger partial charge is 0.324 e. The van der Waals surface area contributed by atoms with Crippen LogP contribution in [0.4, 0.5) is 19.3 Å². The van der Waals surface area contributed by atoms with Crippen molar-refractivity contribution >= 4 is 11.7 Å². The van der Waals surface area contributed by atoms with Gasteiger partial charge in [-0.2, -0.15) is 0 Å². The zero-order chi connectivity index (χ0) is 17.9. The number of hydrogen-bond donors (Lipinski definition) is 1. The molecule has 1 unspecified atom stereocenters. The molecule has 2 aliphatic rings. The Balaban J connectivity index is 1.57. The normalized spacial score (nSPS) is 24.1. The predicted octanol–water partition coefficient (Wildman–Crippen LogP) is 4.32. The van der Waals surface area contributed by atoms with Gasteiger partial charge in [0.15, 0.2) is 0 Å². The minimum Gasteiger partial charge on any atom is -0.324 e. The van der Waals surface area contributed by atoms with Crippen molar-refractivity contribution in [2.45, 2.75) is 57.5 Å². The van der Waals surface area contributed by atoms with Gasteiger partial charge in [-0.15, -0.1) is 0 Å². The first-order valence-electron chi connectivity index (χ1n) is 9.20. The third kappa shape index (κ3) is 4.91. The second-order valence-corrected chi connectivity index (χ2v) is 7.29. The average Bonchev–Trinajstić information content (AvgIpc) is 2.57. The lowest BCUT2D eigenvalue weighted by Gasteiger charge is -2.33. The summed E-state index contributed by atoms with van der Waals surface area (Å²) in [7, 11) is 0. The molecule has 1 atom stereocenters. The summed E-state index contributed by atoms with van der Waals surface area (Å²) in [5.41, 5.74) is 1.89. The molecule has 0 radical (unpaired) electrons. The standard InChI is InChI=1S/C19H27F2N3O/c1-15-5-2-3-10-24(15)14-16-6-4-7-17(13-16)22-18(25)23-11-8-19(20,21)9-12-23/h4,6-7,13,15H,2-3,5,8-12,14H2,1H3,(H,22,25). The monoisotopic (exact) mass is 351 g/mol. The number of rotatable bonds is 3. The summed E-state index contributed by atoms with van der Waals surface area (Å²) in [6.45, 7) is 4.45. The van der Waals surface area contributed by atoms with Gasteiger partial charge in [-0.3, -0.25) is 4.90 Å². The van der Waals surface area contributed by atoms with Gasteiger partial charge in [-0.1, -0.05) is 18.6 Å². The van der Waals surface area contributed by atoms with Gasteiger partial charge in [0.1, 0.15) is 0 Å². The molecule has 1 N–H and O–H groups in total. The minimum absolute atomic E-state index is 0.101. The maximum absolute atomic E-state index is 13.2. The van der Waals surface area contributed by atoms with E-state index in [-0.39, 0.29) is 32.0 Å². The summed E-state index contributed by atoms with van der Waals surface area (Å²) < 4.78 is 26.4. The molecule has 3 rings (SSSR count). The lowest BCUT2D eigenvalue weighted by molar-refractivity contribution is -0.0461. The average molecular weight is 351 g/mol. The van der Waals surface area contributed by atoms with Crippen molar-refractivity contribution in [3.63, 3.8) is 0 Å². The first-order chi connectivity index (χ1) is 11.9. The summed E-state index contributed by atoms with van der Waals surface area (Å²) >= 11 is 0. The lowest BCUT2D eigenvalue weighted by atomic mass is 10.0. The van der Waals surface area contributed by atoms with Crippen molar-refractivity contribution < 1.29 is 13.6 Å². The van der Waals surface area contributed by atoms with Crippen molar-refractivity contribution in [1.29, 1.82) is 0 Å². The highest BCUT2D eigenvalue weighted by Crippen LogP contribution is 2.28. The van der Waals surface area contributed by atoms with Gasteiger partial charge in [0, 0.05) is 44.2 Å². The Morgan fingerprint density at radius 1 is 1.24 bits per heavy atom. The number of halogens is 2. The number of likely N-dealkylation sites (tertiary alicyclic amines) is 2. The molecule has 0 aliphatic carbocycles. The van der Waals surface area contributed by atoms with Crippen LogP contribution in [0.3, 0.4) is 0 Å². The van der Waals surface area contributed by atoms with E-state index in [1.54, 1.807) is 0 Å². The maximum atomic E-state index is 13.2. The van der Waals surface area contributed by atoms with Gasteiger partial charge < -0.3 is 10.2 Å². The molecule has 2 saturated heterocycles. The number of hydrogen-bond acceptors (Lipinski definition) is 2. The molecule has 25 heavy (non-hydrogen) atoms. The molecule has 0 spiro atoms. The Hall–Kier alpha value is -1.69.